The maximum Gasteiger partial charge on any atom is 0.343 e. The van der Waals surface area contributed by atoms with Crippen LogP contribution in [0.1, 0.15) is 27.0 Å². The molecule has 0 aromatic heterocycles. The van der Waals surface area contributed by atoms with Gasteiger partial charge < -0.3 is 28.4 Å². The third-order valence-electron chi connectivity index (χ3n) is 5.70. The Morgan fingerprint density at radius 2 is 1.46 bits per heavy atom. The Morgan fingerprint density at radius 1 is 0.854 bits per heavy atom. The number of nitrogens with zero attached hydrogens (tertiary/aromatic N) is 2. The molecule has 3 aromatic carbocycles. The molecular weight excluding hydrogens is 538 g/mol. The number of methoxy groups -OCH3 is 4. The van der Waals surface area contributed by atoms with E-state index < -0.39 is 16.8 Å². The third kappa shape index (κ3) is 7.41. The summed E-state index contributed by atoms with van der Waals surface area (Å²) in [4.78, 5) is 35.6. The van der Waals surface area contributed by atoms with Gasteiger partial charge in [0, 0.05) is 12.1 Å². The molecule has 3 aromatic rings. The topological polar surface area (TPSA) is 157 Å². The number of aryl methyl sites for hydroxylation is 2. The number of hydrazone groups is 1. The van der Waals surface area contributed by atoms with Gasteiger partial charge in [0.15, 0.2) is 29.6 Å². The minimum absolute atomic E-state index is 0.0567. The van der Waals surface area contributed by atoms with Crippen molar-refractivity contribution in [2.75, 3.05) is 35.0 Å². The lowest BCUT2D eigenvalue weighted by molar-refractivity contribution is -0.385. The van der Waals surface area contributed by atoms with Gasteiger partial charge in [-0.1, -0.05) is 0 Å². The molecule has 0 spiro atoms. The molecule has 216 valence electrons. The van der Waals surface area contributed by atoms with Gasteiger partial charge in [0.2, 0.25) is 5.75 Å². The van der Waals surface area contributed by atoms with Crippen molar-refractivity contribution in [3.8, 4) is 34.5 Å². The van der Waals surface area contributed by atoms with Crippen molar-refractivity contribution in [2.24, 2.45) is 5.10 Å². The van der Waals surface area contributed by atoms with Crippen LogP contribution >= 0.6 is 0 Å². The maximum atomic E-state index is 12.9. The molecule has 13 heteroatoms. The van der Waals surface area contributed by atoms with E-state index in [1.807, 2.05) is 0 Å². The van der Waals surface area contributed by atoms with E-state index in [4.69, 9.17) is 28.4 Å². The highest BCUT2D eigenvalue weighted by Gasteiger charge is 2.20. The van der Waals surface area contributed by atoms with Crippen molar-refractivity contribution in [1.82, 2.24) is 5.43 Å². The van der Waals surface area contributed by atoms with Crippen LogP contribution in [-0.2, 0) is 4.79 Å². The normalized spacial score (nSPS) is 10.6. The fourth-order valence-corrected chi connectivity index (χ4v) is 3.82. The number of nitrogens with one attached hydrogen (secondary N) is 1. The van der Waals surface area contributed by atoms with Crippen LogP contribution in [0.2, 0.25) is 0 Å². The molecule has 0 aliphatic rings. The molecule has 41 heavy (non-hydrogen) atoms. The molecule has 3 rings (SSSR count). The number of hydrogen-bond acceptors (Lipinski definition) is 11. The zero-order valence-corrected chi connectivity index (χ0v) is 23.3. The van der Waals surface area contributed by atoms with E-state index in [9.17, 15) is 19.7 Å². The molecule has 0 radical (unpaired) electrons. The number of non-ortho nitro benzene ring substituents is 1. The Hall–Kier alpha value is -5.33. The predicted molar refractivity (Wildman–Crippen MR) is 148 cm³/mol. The number of amides is 1. The van der Waals surface area contributed by atoms with Gasteiger partial charge in [0.25, 0.3) is 11.6 Å². The summed E-state index contributed by atoms with van der Waals surface area (Å²) in [6.07, 6.45) is 1.37. The highest BCUT2D eigenvalue weighted by Crippen LogP contribution is 2.39. The fourth-order valence-electron chi connectivity index (χ4n) is 3.82. The molecule has 0 heterocycles. The van der Waals surface area contributed by atoms with Gasteiger partial charge in [-0.15, -0.1) is 0 Å². The Morgan fingerprint density at radius 3 is 2.00 bits per heavy atom. The van der Waals surface area contributed by atoms with Crippen molar-refractivity contribution in [3.63, 3.8) is 0 Å². The number of esters is 1. The molecule has 0 atom stereocenters. The molecule has 0 saturated heterocycles. The number of benzene rings is 3. The van der Waals surface area contributed by atoms with E-state index in [-0.39, 0.29) is 29.4 Å². The van der Waals surface area contributed by atoms with Crippen molar-refractivity contribution in [2.45, 2.75) is 13.8 Å². The minimum Gasteiger partial charge on any atom is -0.493 e. The van der Waals surface area contributed by atoms with Crippen LogP contribution in [0, 0.1) is 24.0 Å². The predicted octanol–water partition coefficient (Wildman–Crippen LogP) is 3.99. The van der Waals surface area contributed by atoms with Crippen LogP contribution in [0.4, 0.5) is 5.69 Å². The first-order valence-electron chi connectivity index (χ1n) is 12.0. The number of carbonyl (C=O) groups is 2. The summed E-state index contributed by atoms with van der Waals surface area (Å²) in [7, 11) is 5.74. The average molecular weight is 568 g/mol. The number of nitro benzene ring substituents is 1. The molecule has 13 nitrogen and oxygen atoms in total. The van der Waals surface area contributed by atoms with Crippen LogP contribution < -0.4 is 33.8 Å². The Bertz CT molecular complexity index is 1440. The first-order chi connectivity index (χ1) is 19.6. The summed E-state index contributed by atoms with van der Waals surface area (Å²) in [5, 5.41) is 14.9. The Kier molecular flexibility index (Phi) is 10.1. The Balaban J connectivity index is 1.64. The Labute approximate surface area is 235 Å². The molecule has 0 fully saturated rings. The molecule has 0 unspecified atom stereocenters. The van der Waals surface area contributed by atoms with E-state index in [0.29, 0.717) is 39.7 Å². The van der Waals surface area contributed by atoms with Crippen LogP contribution in [0.3, 0.4) is 0 Å². The van der Waals surface area contributed by atoms with E-state index >= 15 is 0 Å². The zero-order chi connectivity index (χ0) is 30.1. The molecule has 0 aliphatic carbocycles. The first kappa shape index (κ1) is 30.2. The SMILES string of the molecule is COc1cc(/C=N/NC(=O)COc2c(C)cc([N+](=O)[O-])cc2C)ccc1OC(=O)c1cc(OC)c(OC)c(OC)c1. The van der Waals surface area contributed by atoms with E-state index in [0.717, 1.165) is 0 Å². The molecule has 0 bridgehead atoms. The van der Waals surface area contributed by atoms with Crippen molar-refractivity contribution in [1.29, 1.82) is 0 Å². The number of carbonyl (C=O) groups excluding carboxylic acids is 2. The summed E-state index contributed by atoms with van der Waals surface area (Å²) in [6.45, 7) is 2.96. The average Bonchev–Trinajstić information content (AvgIpc) is 2.96. The monoisotopic (exact) mass is 567 g/mol. The second-order valence-corrected chi connectivity index (χ2v) is 8.46. The molecular formula is C28H29N3O10. The number of rotatable bonds is 12. The highest BCUT2D eigenvalue weighted by molar-refractivity contribution is 5.93. The van der Waals surface area contributed by atoms with E-state index in [1.165, 1.54) is 65.0 Å². The zero-order valence-electron chi connectivity index (χ0n) is 23.3. The quantitative estimate of drug-likeness (QED) is 0.112. The second kappa shape index (κ2) is 13.6. The fraction of sp³-hybridized carbons (Fsp3) is 0.250. The van der Waals surface area contributed by atoms with Crippen molar-refractivity contribution in [3.05, 3.63) is 74.8 Å². The van der Waals surface area contributed by atoms with Gasteiger partial charge in [-0.3, -0.25) is 14.9 Å². The van der Waals surface area contributed by atoms with Gasteiger partial charge >= 0.3 is 5.97 Å². The van der Waals surface area contributed by atoms with E-state index in [2.05, 4.69) is 10.5 Å². The standard InChI is InChI=1S/C28H29N3O10/c1-16-9-20(31(34)35)10-17(2)26(16)40-15-25(32)30-29-14-18-7-8-21(22(11-18)36-3)41-28(33)19-12-23(37-4)27(39-6)24(13-19)38-5/h7-14H,15H2,1-6H3,(H,30,32)/b29-14+. The third-order valence-corrected chi connectivity index (χ3v) is 5.70. The minimum atomic E-state index is -0.685. The summed E-state index contributed by atoms with van der Waals surface area (Å²) in [5.41, 5.74) is 4.06. The molecule has 1 N–H and O–H groups in total. The number of nitro groups is 1. The highest BCUT2D eigenvalue weighted by atomic mass is 16.6. The van der Waals surface area contributed by atoms with Crippen molar-refractivity contribution >= 4 is 23.8 Å². The number of ether oxygens (including phenoxy) is 6. The van der Waals surface area contributed by atoms with Crippen LogP contribution in [-0.4, -0.2) is 58.1 Å². The lowest BCUT2D eigenvalue weighted by Gasteiger charge is -2.14. The second-order valence-electron chi connectivity index (χ2n) is 8.46. The molecule has 0 aliphatic heterocycles. The maximum absolute atomic E-state index is 12.9. The smallest absolute Gasteiger partial charge is 0.343 e. The summed E-state index contributed by atoms with van der Waals surface area (Å²) in [6, 6.07) is 10.4. The van der Waals surface area contributed by atoms with Crippen LogP contribution in [0.5, 0.6) is 34.5 Å². The molecule has 1 amide bonds. The van der Waals surface area contributed by atoms with Crippen LogP contribution in [0.25, 0.3) is 0 Å². The first-order valence-corrected chi connectivity index (χ1v) is 12.0. The van der Waals surface area contributed by atoms with Gasteiger partial charge in [0.05, 0.1) is 45.1 Å². The summed E-state index contributed by atoms with van der Waals surface area (Å²) < 4.78 is 32.2. The number of hydrogen-bond donors (Lipinski definition) is 1. The van der Waals surface area contributed by atoms with Gasteiger partial charge in [0.1, 0.15) is 5.75 Å². The van der Waals surface area contributed by atoms with E-state index in [1.54, 1.807) is 26.0 Å². The van der Waals surface area contributed by atoms with Crippen molar-refractivity contribution < 1.29 is 42.9 Å². The van der Waals surface area contributed by atoms with Crippen LogP contribution in [0.15, 0.2) is 47.6 Å². The lowest BCUT2D eigenvalue weighted by Crippen LogP contribution is -2.25. The van der Waals surface area contributed by atoms with Gasteiger partial charge in [-0.25, -0.2) is 10.2 Å². The largest absolute Gasteiger partial charge is 0.493 e. The van der Waals surface area contributed by atoms with Gasteiger partial charge in [-0.2, -0.15) is 5.10 Å². The lowest BCUT2D eigenvalue weighted by atomic mass is 10.1. The summed E-state index contributed by atoms with van der Waals surface area (Å²) >= 11 is 0. The van der Waals surface area contributed by atoms with Gasteiger partial charge in [-0.05, 0) is 60.9 Å². The summed E-state index contributed by atoms with van der Waals surface area (Å²) in [5.74, 6) is 0.476. The molecule has 0 saturated carbocycles.